The Labute approximate surface area is 82.9 Å². The number of carbonyl (C=O) groups excluding carboxylic acids is 1. The number of rotatable bonds is 4. The lowest BCUT2D eigenvalue weighted by Crippen LogP contribution is -1.97. The second kappa shape index (κ2) is 5.03. The smallest absolute Gasteiger partial charge is 0.124 e. The Kier molecular flexibility index (Phi) is 3.69. The molecule has 0 radical (unpaired) electrons. The summed E-state index contributed by atoms with van der Waals surface area (Å²) in [6, 6.07) is 7.11. The molecule has 1 aromatic rings. The van der Waals surface area contributed by atoms with Crippen molar-refractivity contribution in [3.63, 3.8) is 0 Å². The number of nitriles is 1. The maximum atomic E-state index is 10.4. The van der Waals surface area contributed by atoms with Crippen LogP contribution in [0, 0.1) is 11.3 Å². The van der Waals surface area contributed by atoms with Crippen LogP contribution in [0.2, 0.25) is 0 Å². The predicted molar refractivity (Wildman–Crippen MR) is 52.1 cm³/mol. The van der Waals surface area contributed by atoms with Crippen molar-refractivity contribution in [2.75, 3.05) is 6.61 Å². The number of ether oxygens (including phenoxy) is 1. The Hall–Kier alpha value is -1.82. The Morgan fingerprint density at radius 2 is 2.36 bits per heavy atom. The summed E-state index contributed by atoms with van der Waals surface area (Å²) in [5.74, 6) is 0.679. The van der Waals surface area contributed by atoms with Crippen LogP contribution in [0.25, 0.3) is 0 Å². The summed E-state index contributed by atoms with van der Waals surface area (Å²) in [5.41, 5.74) is 1.31. The van der Waals surface area contributed by atoms with Gasteiger partial charge in [-0.15, -0.1) is 0 Å². The van der Waals surface area contributed by atoms with Crippen LogP contribution in [0.3, 0.4) is 0 Å². The molecule has 0 saturated carbocycles. The van der Waals surface area contributed by atoms with Gasteiger partial charge in [0, 0.05) is 12.0 Å². The first-order valence-electron chi connectivity index (χ1n) is 4.41. The van der Waals surface area contributed by atoms with Crippen LogP contribution in [-0.4, -0.2) is 12.9 Å². The van der Waals surface area contributed by atoms with Crippen molar-refractivity contribution in [3.8, 4) is 11.8 Å². The fourth-order valence-electron chi connectivity index (χ4n) is 1.19. The maximum absolute atomic E-state index is 10.4. The molecule has 1 rings (SSSR count). The van der Waals surface area contributed by atoms with Gasteiger partial charge in [0.15, 0.2) is 0 Å². The monoisotopic (exact) mass is 189 g/mol. The fraction of sp³-hybridized carbons (Fsp3) is 0.273. The van der Waals surface area contributed by atoms with Crippen molar-refractivity contribution in [2.24, 2.45) is 0 Å². The summed E-state index contributed by atoms with van der Waals surface area (Å²) in [7, 11) is 0. The van der Waals surface area contributed by atoms with Gasteiger partial charge < -0.3 is 9.53 Å². The van der Waals surface area contributed by atoms with Crippen molar-refractivity contribution in [2.45, 2.75) is 13.3 Å². The van der Waals surface area contributed by atoms with Gasteiger partial charge in [0.2, 0.25) is 0 Å². The minimum atomic E-state index is 0.283. The molecule has 0 bridgehead atoms. The van der Waals surface area contributed by atoms with E-state index in [0.29, 0.717) is 17.9 Å². The largest absolute Gasteiger partial charge is 0.494 e. The lowest BCUT2D eigenvalue weighted by molar-refractivity contribution is -0.107. The first-order valence-corrected chi connectivity index (χ1v) is 4.41. The Bertz CT molecular complexity index is 366. The summed E-state index contributed by atoms with van der Waals surface area (Å²) < 4.78 is 5.32. The summed E-state index contributed by atoms with van der Waals surface area (Å²) in [4.78, 5) is 10.4. The number of hydrogen-bond donors (Lipinski definition) is 0. The summed E-state index contributed by atoms with van der Waals surface area (Å²) >= 11 is 0. The molecule has 0 spiro atoms. The molecule has 0 heterocycles. The molecule has 14 heavy (non-hydrogen) atoms. The number of aldehydes is 1. The van der Waals surface area contributed by atoms with E-state index in [1.54, 1.807) is 18.2 Å². The zero-order valence-corrected chi connectivity index (χ0v) is 7.99. The average Bonchev–Trinajstić information content (AvgIpc) is 2.21. The van der Waals surface area contributed by atoms with E-state index in [1.165, 1.54) is 0 Å². The Morgan fingerprint density at radius 1 is 1.57 bits per heavy atom. The number of hydrogen-bond acceptors (Lipinski definition) is 3. The first-order chi connectivity index (χ1) is 6.81. The highest BCUT2D eigenvalue weighted by Crippen LogP contribution is 2.19. The maximum Gasteiger partial charge on any atom is 0.124 e. The number of nitrogens with zero attached hydrogens (tertiary/aromatic N) is 1. The van der Waals surface area contributed by atoms with E-state index < -0.39 is 0 Å². The number of benzene rings is 1. The molecule has 0 unspecified atom stereocenters. The molecule has 0 atom stereocenters. The van der Waals surface area contributed by atoms with E-state index in [0.717, 1.165) is 11.8 Å². The molecule has 0 amide bonds. The highest BCUT2D eigenvalue weighted by Gasteiger charge is 2.03. The van der Waals surface area contributed by atoms with Crippen molar-refractivity contribution in [1.82, 2.24) is 0 Å². The SMILES string of the molecule is CCOc1ccc(C#N)cc1CC=O. The van der Waals surface area contributed by atoms with E-state index in [-0.39, 0.29) is 6.42 Å². The average molecular weight is 189 g/mol. The van der Waals surface area contributed by atoms with Crippen molar-refractivity contribution in [3.05, 3.63) is 29.3 Å². The second-order valence-electron chi connectivity index (χ2n) is 2.74. The van der Waals surface area contributed by atoms with E-state index in [1.807, 2.05) is 13.0 Å². The van der Waals surface area contributed by atoms with Gasteiger partial charge in [-0.2, -0.15) is 5.26 Å². The minimum Gasteiger partial charge on any atom is -0.494 e. The molecule has 3 heteroatoms. The lowest BCUT2D eigenvalue weighted by Gasteiger charge is -2.07. The van der Waals surface area contributed by atoms with E-state index >= 15 is 0 Å². The molecule has 3 nitrogen and oxygen atoms in total. The van der Waals surface area contributed by atoms with Crippen molar-refractivity contribution in [1.29, 1.82) is 5.26 Å². The van der Waals surface area contributed by atoms with Crippen molar-refractivity contribution < 1.29 is 9.53 Å². The molecular formula is C11H11NO2. The van der Waals surface area contributed by atoms with Gasteiger partial charge in [-0.1, -0.05) is 0 Å². The Balaban J connectivity index is 3.04. The van der Waals surface area contributed by atoms with E-state index in [9.17, 15) is 4.79 Å². The summed E-state index contributed by atoms with van der Waals surface area (Å²) in [5, 5.41) is 8.67. The van der Waals surface area contributed by atoms with Crippen LogP contribution >= 0.6 is 0 Å². The molecule has 0 aliphatic rings. The molecule has 0 aromatic heterocycles. The van der Waals surface area contributed by atoms with Crippen LogP contribution in [-0.2, 0) is 11.2 Å². The van der Waals surface area contributed by atoms with Crippen LogP contribution in [0.1, 0.15) is 18.1 Å². The summed E-state index contributed by atoms with van der Waals surface area (Å²) in [6.07, 6.45) is 1.09. The minimum absolute atomic E-state index is 0.283. The van der Waals surface area contributed by atoms with Gasteiger partial charge in [0.25, 0.3) is 0 Å². The van der Waals surface area contributed by atoms with Crippen LogP contribution in [0.15, 0.2) is 18.2 Å². The van der Waals surface area contributed by atoms with Crippen LogP contribution in [0.5, 0.6) is 5.75 Å². The highest BCUT2D eigenvalue weighted by molar-refractivity contribution is 5.58. The van der Waals surface area contributed by atoms with Gasteiger partial charge in [0.1, 0.15) is 12.0 Å². The first kappa shape index (κ1) is 10.3. The zero-order chi connectivity index (χ0) is 10.4. The van der Waals surface area contributed by atoms with Crippen LogP contribution < -0.4 is 4.74 Å². The normalized spacial score (nSPS) is 9.14. The quantitative estimate of drug-likeness (QED) is 0.677. The van der Waals surface area contributed by atoms with Gasteiger partial charge in [-0.3, -0.25) is 0 Å². The molecule has 0 saturated heterocycles. The lowest BCUT2D eigenvalue weighted by atomic mass is 10.1. The molecule has 1 aromatic carbocycles. The predicted octanol–water partition coefficient (Wildman–Crippen LogP) is 1.70. The number of carbonyl (C=O) groups is 1. The van der Waals surface area contributed by atoms with Gasteiger partial charge in [-0.25, -0.2) is 0 Å². The third-order valence-corrected chi connectivity index (χ3v) is 1.79. The topological polar surface area (TPSA) is 50.1 Å². The third kappa shape index (κ3) is 2.33. The van der Waals surface area contributed by atoms with Gasteiger partial charge in [0.05, 0.1) is 18.2 Å². The Morgan fingerprint density at radius 3 is 2.93 bits per heavy atom. The third-order valence-electron chi connectivity index (χ3n) is 1.79. The molecular weight excluding hydrogens is 178 g/mol. The molecule has 0 aliphatic heterocycles. The fourth-order valence-corrected chi connectivity index (χ4v) is 1.19. The summed E-state index contributed by atoms with van der Waals surface area (Å²) in [6.45, 7) is 2.43. The van der Waals surface area contributed by atoms with Gasteiger partial charge >= 0.3 is 0 Å². The molecule has 0 N–H and O–H groups in total. The second-order valence-corrected chi connectivity index (χ2v) is 2.74. The highest BCUT2D eigenvalue weighted by atomic mass is 16.5. The molecule has 72 valence electrons. The standard InChI is InChI=1S/C11H11NO2/c1-2-14-11-4-3-9(8-12)7-10(11)5-6-13/h3-4,6-7H,2,5H2,1H3. The molecule has 0 aliphatic carbocycles. The van der Waals surface area contributed by atoms with E-state index in [4.69, 9.17) is 10.00 Å². The van der Waals surface area contributed by atoms with Gasteiger partial charge in [-0.05, 0) is 25.1 Å². The zero-order valence-electron chi connectivity index (χ0n) is 7.99. The van der Waals surface area contributed by atoms with Crippen LogP contribution in [0.4, 0.5) is 0 Å². The van der Waals surface area contributed by atoms with E-state index in [2.05, 4.69) is 0 Å². The van der Waals surface area contributed by atoms with Crippen molar-refractivity contribution >= 4 is 6.29 Å². The molecule has 0 fully saturated rings.